The molecule has 1 heterocycles. The maximum absolute atomic E-state index is 11.2. The van der Waals surface area contributed by atoms with Crippen LogP contribution in [0, 0.1) is 6.92 Å². The fourth-order valence-corrected chi connectivity index (χ4v) is 2.01. The van der Waals surface area contributed by atoms with Gasteiger partial charge in [0.2, 0.25) is 0 Å². The Morgan fingerprint density at radius 2 is 2.11 bits per heavy atom. The molecule has 19 heavy (non-hydrogen) atoms. The lowest BCUT2D eigenvalue weighted by Gasteiger charge is -2.07. The molecule has 0 amide bonds. The molecule has 0 atom stereocenters. The van der Waals surface area contributed by atoms with Gasteiger partial charge in [-0.25, -0.2) is 0 Å². The summed E-state index contributed by atoms with van der Waals surface area (Å²) in [6.45, 7) is 6.04. The van der Waals surface area contributed by atoms with Gasteiger partial charge in [-0.1, -0.05) is 0 Å². The molecule has 0 radical (unpaired) electrons. The maximum Gasteiger partial charge on any atom is 0.153 e. The molecule has 0 saturated carbocycles. The van der Waals surface area contributed by atoms with E-state index in [0.717, 1.165) is 28.9 Å². The second-order valence-corrected chi connectivity index (χ2v) is 4.81. The molecule has 0 bridgehead atoms. The Morgan fingerprint density at radius 3 is 2.63 bits per heavy atom. The number of ether oxygens (including phenoxy) is 1. The van der Waals surface area contributed by atoms with E-state index >= 15 is 0 Å². The van der Waals surface area contributed by atoms with Gasteiger partial charge in [0.05, 0.1) is 12.7 Å². The molecular formula is C15H18N2O2. The molecule has 1 aromatic carbocycles. The molecule has 2 aromatic rings. The average Bonchev–Trinajstić information content (AvgIpc) is 2.82. The molecule has 0 aliphatic heterocycles. The predicted octanol–water partition coefficient (Wildman–Crippen LogP) is 3.26. The number of rotatable bonds is 4. The van der Waals surface area contributed by atoms with Crippen molar-refractivity contribution in [2.45, 2.75) is 26.8 Å². The Labute approximate surface area is 113 Å². The molecular weight excluding hydrogens is 240 g/mol. The van der Waals surface area contributed by atoms with Crippen LogP contribution in [0.4, 0.5) is 0 Å². The molecule has 0 unspecified atom stereocenters. The molecule has 0 aliphatic carbocycles. The van der Waals surface area contributed by atoms with Crippen molar-refractivity contribution < 1.29 is 9.53 Å². The van der Waals surface area contributed by atoms with Crippen LogP contribution in [0.25, 0.3) is 11.3 Å². The van der Waals surface area contributed by atoms with Crippen molar-refractivity contribution in [2.24, 2.45) is 0 Å². The van der Waals surface area contributed by atoms with Crippen molar-refractivity contribution in [3.05, 3.63) is 35.5 Å². The Kier molecular flexibility index (Phi) is 3.69. The van der Waals surface area contributed by atoms with Gasteiger partial charge in [-0.15, -0.1) is 0 Å². The van der Waals surface area contributed by atoms with Crippen LogP contribution in [-0.2, 0) is 0 Å². The van der Waals surface area contributed by atoms with E-state index in [1.165, 1.54) is 0 Å². The van der Waals surface area contributed by atoms with Crippen LogP contribution < -0.4 is 4.74 Å². The standard InChI is InChI=1S/C15H18N2O2/c1-10(2)17-8-13(9-18)15(16-17)12-5-6-14(19-4)11(3)7-12/h5-10H,1-4H3. The Hall–Kier alpha value is -2.10. The third-order valence-electron chi connectivity index (χ3n) is 3.08. The molecule has 0 fully saturated rings. The molecule has 0 spiro atoms. The summed E-state index contributed by atoms with van der Waals surface area (Å²) in [5, 5.41) is 4.49. The van der Waals surface area contributed by atoms with Crippen LogP contribution in [0.2, 0.25) is 0 Å². The molecule has 4 heteroatoms. The van der Waals surface area contributed by atoms with Crippen molar-refractivity contribution in [3.8, 4) is 17.0 Å². The Bertz CT molecular complexity index is 600. The molecule has 2 rings (SSSR count). The van der Waals surface area contributed by atoms with Crippen LogP contribution in [0.1, 0.15) is 35.8 Å². The van der Waals surface area contributed by atoms with Crippen LogP contribution in [0.5, 0.6) is 5.75 Å². The summed E-state index contributed by atoms with van der Waals surface area (Å²) in [6.07, 6.45) is 2.63. The van der Waals surface area contributed by atoms with Gasteiger partial charge in [0.25, 0.3) is 0 Å². The Balaban J connectivity index is 2.51. The SMILES string of the molecule is COc1ccc(-c2nn(C(C)C)cc2C=O)cc1C. The number of hydrogen-bond donors (Lipinski definition) is 0. The average molecular weight is 258 g/mol. The highest BCUT2D eigenvalue weighted by atomic mass is 16.5. The van der Waals surface area contributed by atoms with E-state index in [9.17, 15) is 4.79 Å². The van der Waals surface area contributed by atoms with Gasteiger partial charge in [0.15, 0.2) is 6.29 Å². The summed E-state index contributed by atoms with van der Waals surface area (Å²) < 4.78 is 7.04. The van der Waals surface area contributed by atoms with Gasteiger partial charge in [0, 0.05) is 17.8 Å². The zero-order chi connectivity index (χ0) is 14.0. The van der Waals surface area contributed by atoms with Crippen molar-refractivity contribution in [2.75, 3.05) is 7.11 Å². The first kappa shape index (κ1) is 13.3. The molecule has 4 nitrogen and oxygen atoms in total. The smallest absolute Gasteiger partial charge is 0.153 e. The zero-order valence-electron chi connectivity index (χ0n) is 11.7. The zero-order valence-corrected chi connectivity index (χ0v) is 11.7. The minimum Gasteiger partial charge on any atom is -0.496 e. The van der Waals surface area contributed by atoms with E-state index in [-0.39, 0.29) is 6.04 Å². The second-order valence-electron chi connectivity index (χ2n) is 4.81. The van der Waals surface area contributed by atoms with E-state index in [2.05, 4.69) is 5.10 Å². The van der Waals surface area contributed by atoms with Gasteiger partial charge in [0.1, 0.15) is 11.4 Å². The van der Waals surface area contributed by atoms with Crippen molar-refractivity contribution in [3.63, 3.8) is 0 Å². The minimum atomic E-state index is 0.229. The van der Waals surface area contributed by atoms with E-state index in [0.29, 0.717) is 5.56 Å². The highest BCUT2D eigenvalue weighted by Crippen LogP contribution is 2.27. The van der Waals surface area contributed by atoms with Gasteiger partial charge < -0.3 is 4.74 Å². The third kappa shape index (κ3) is 2.52. The lowest BCUT2D eigenvalue weighted by atomic mass is 10.1. The lowest BCUT2D eigenvalue weighted by Crippen LogP contribution is -2.00. The summed E-state index contributed by atoms with van der Waals surface area (Å²) >= 11 is 0. The van der Waals surface area contributed by atoms with Gasteiger partial charge >= 0.3 is 0 Å². The first-order chi connectivity index (χ1) is 9.06. The quantitative estimate of drug-likeness (QED) is 0.791. The summed E-state index contributed by atoms with van der Waals surface area (Å²) in [4.78, 5) is 11.2. The number of aldehydes is 1. The number of aromatic nitrogens is 2. The summed E-state index contributed by atoms with van der Waals surface area (Å²) in [5.74, 6) is 0.833. The number of hydrogen-bond acceptors (Lipinski definition) is 3. The van der Waals surface area contributed by atoms with Crippen molar-refractivity contribution in [1.82, 2.24) is 9.78 Å². The number of benzene rings is 1. The van der Waals surface area contributed by atoms with Crippen LogP contribution in [-0.4, -0.2) is 23.2 Å². The fourth-order valence-electron chi connectivity index (χ4n) is 2.01. The van der Waals surface area contributed by atoms with Crippen LogP contribution in [0.3, 0.4) is 0 Å². The number of methoxy groups -OCH3 is 1. The monoisotopic (exact) mass is 258 g/mol. The summed E-state index contributed by atoms with van der Waals surface area (Å²) in [6, 6.07) is 6.03. The van der Waals surface area contributed by atoms with Crippen LogP contribution in [0.15, 0.2) is 24.4 Å². The van der Waals surface area contributed by atoms with Crippen molar-refractivity contribution in [1.29, 1.82) is 0 Å². The van der Waals surface area contributed by atoms with Gasteiger partial charge in [-0.2, -0.15) is 5.10 Å². The van der Waals surface area contributed by atoms with E-state index in [1.807, 2.05) is 39.0 Å². The molecule has 1 aromatic heterocycles. The van der Waals surface area contributed by atoms with E-state index in [4.69, 9.17) is 4.74 Å². The maximum atomic E-state index is 11.2. The number of aryl methyl sites for hydroxylation is 1. The minimum absolute atomic E-state index is 0.229. The molecule has 100 valence electrons. The first-order valence-electron chi connectivity index (χ1n) is 6.26. The van der Waals surface area contributed by atoms with E-state index < -0.39 is 0 Å². The van der Waals surface area contributed by atoms with Crippen LogP contribution >= 0.6 is 0 Å². The molecule has 0 saturated heterocycles. The largest absolute Gasteiger partial charge is 0.496 e. The lowest BCUT2D eigenvalue weighted by molar-refractivity contribution is 0.112. The number of carbonyl (C=O) groups is 1. The van der Waals surface area contributed by atoms with Gasteiger partial charge in [-0.05, 0) is 44.5 Å². The Morgan fingerprint density at radius 1 is 1.37 bits per heavy atom. The van der Waals surface area contributed by atoms with E-state index in [1.54, 1.807) is 18.0 Å². The third-order valence-corrected chi connectivity index (χ3v) is 3.08. The van der Waals surface area contributed by atoms with Crippen molar-refractivity contribution >= 4 is 6.29 Å². The summed E-state index contributed by atoms with van der Waals surface area (Å²) in [7, 11) is 1.65. The highest BCUT2D eigenvalue weighted by molar-refractivity contribution is 5.85. The second kappa shape index (κ2) is 5.26. The summed E-state index contributed by atoms with van der Waals surface area (Å²) in [5.41, 5.74) is 3.28. The molecule has 0 N–H and O–H groups in total. The first-order valence-corrected chi connectivity index (χ1v) is 6.26. The normalized spacial score (nSPS) is 10.8. The molecule has 0 aliphatic rings. The highest BCUT2D eigenvalue weighted by Gasteiger charge is 2.13. The predicted molar refractivity (Wildman–Crippen MR) is 74.7 cm³/mol. The fraction of sp³-hybridized carbons (Fsp3) is 0.333. The van der Waals surface area contributed by atoms with Gasteiger partial charge in [-0.3, -0.25) is 9.48 Å². The number of nitrogens with zero attached hydrogens (tertiary/aromatic N) is 2. The number of carbonyl (C=O) groups excluding carboxylic acids is 1. The topological polar surface area (TPSA) is 44.1 Å².